The lowest BCUT2D eigenvalue weighted by atomic mass is 9.98. The second kappa shape index (κ2) is 4.86. The number of benzene rings is 1. The minimum Gasteiger partial charge on any atom is -0.496 e. The van der Waals surface area contributed by atoms with Crippen molar-refractivity contribution in [2.45, 2.75) is 13.8 Å². The molecule has 1 aromatic carbocycles. The molecule has 0 saturated carbocycles. The number of carboxylic acid groups (broad SMARTS) is 1. The molecular weight excluding hydrogens is 224 g/mol. The van der Waals surface area contributed by atoms with Crippen molar-refractivity contribution in [1.82, 2.24) is 0 Å². The van der Waals surface area contributed by atoms with E-state index in [1.807, 2.05) is 0 Å². The quantitative estimate of drug-likeness (QED) is 0.813. The fraction of sp³-hybridized carbons (Fsp3) is 0.333. The van der Waals surface area contributed by atoms with Crippen LogP contribution in [0.3, 0.4) is 0 Å². The van der Waals surface area contributed by atoms with Crippen molar-refractivity contribution >= 4 is 11.9 Å². The summed E-state index contributed by atoms with van der Waals surface area (Å²) in [5, 5.41) is 9.15. The molecule has 0 atom stereocenters. The minimum atomic E-state index is -1.22. The lowest BCUT2D eigenvalue weighted by Gasteiger charge is -2.14. The van der Waals surface area contributed by atoms with E-state index in [1.165, 1.54) is 20.3 Å². The Morgan fingerprint density at radius 2 is 1.82 bits per heavy atom. The largest absolute Gasteiger partial charge is 0.496 e. The molecule has 0 aliphatic carbocycles. The first-order valence-electron chi connectivity index (χ1n) is 4.93. The number of aryl methyl sites for hydroxylation is 1. The summed E-state index contributed by atoms with van der Waals surface area (Å²) in [6.45, 7) is 3.51. The summed E-state index contributed by atoms with van der Waals surface area (Å²) >= 11 is 0. The Labute approximate surface area is 99.0 Å². The van der Waals surface area contributed by atoms with Gasteiger partial charge in [-0.15, -0.1) is 0 Å². The lowest BCUT2D eigenvalue weighted by molar-refractivity contribution is 0.0581. The Hall–Kier alpha value is -2.04. The minimum absolute atomic E-state index is 0.0000463. The molecule has 0 unspecified atom stereocenters. The summed E-state index contributed by atoms with van der Waals surface area (Å²) in [5.41, 5.74) is 1.30. The fourth-order valence-corrected chi connectivity index (χ4v) is 1.62. The number of esters is 1. The molecule has 17 heavy (non-hydrogen) atoms. The highest BCUT2D eigenvalue weighted by atomic mass is 16.5. The Morgan fingerprint density at radius 1 is 1.24 bits per heavy atom. The van der Waals surface area contributed by atoms with Gasteiger partial charge in [-0.05, 0) is 31.0 Å². The molecule has 0 fully saturated rings. The molecule has 0 radical (unpaired) electrons. The van der Waals surface area contributed by atoms with Crippen LogP contribution in [0.15, 0.2) is 6.07 Å². The number of rotatable bonds is 3. The SMILES string of the molecule is COC(=O)c1cc(C)c(C)c(OC)c1C(=O)O. The predicted octanol–water partition coefficient (Wildman–Crippen LogP) is 1.80. The maximum absolute atomic E-state index is 11.5. The second-order valence-corrected chi connectivity index (χ2v) is 3.57. The van der Waals surface area contributed by atoms with Gasteiger partial charge in [-0.1, -0.05) is 0 Å². The van der Waals surface area contributed by atoms with Gasteiger partial charge >= 0.3 is 11.9 Å². The standard InChI is InChI=1S/C12H14O5/c1-6-5-8(12(15)17-4)9(11(13)14)10(16-3)7(6)2/h5H,1-4H3,(H,13,14). The highest BCUT2D eigenvalue weighted by Crippen LogP contribution is 2.30. The monoisotopic (exact) mass is 238 g/mol. The van der Waals surface area contributed by atoms with Gasteiger partial charge in [0.2, 0.25) is 0 Å². The summed E-state index contributed by atoms with van der Waals surface area (Å²) in [4.78, 5) is 22.7. The maximum Gasteiger partial charge on any atom is 0.340 e. The molecule has 5 heteroatoms. The first-order chi connectivity index (χ1) is 7.93. The van der Waals surface area contributed by atoms with E-state index in [4.69, 9.17) is 9.84 Å². The van der Waals surface area contributed by atoms with Crippen molar-refractivity contribution in [1.29, 1.82) is 0 Å². The topological polar surface area (TPSA) is 72.8 Å². The average Bonchev–Trinajstić information content (AvgIpc) is 2.30. The van der Waals surface area contributed by atoms with Crippen LogP contribution in [-0.2, 0) is 4.74 Å². The third-order valence-electron chi connectivity index (χ3n) is 2.61. The highest BCUT2D eigenvalue weighted by molar-refractivity contribution is 6.05. The molecule has 1 N–H and O–H groups in total. The van der Waals surface area contributed by atoms with Crippen LogP contribution in [0.4, 0.5) is 0 Å². The third kappa shape index (κ3) is 2.22. The Bertz CT molecular complexity index is 476. The summed E-state index contributed by atoms with van der Waals surface area (Å²) in [7, 11) is 2.57. The highest BCUT2D eigenvalue weighted by Gasteiger charge is 2.24. The zero-order valence-electron chi connectivity index (χ0n) is 10.2. The van der Waals surface area contributed by atoms with Gasteiger partial charge in [0.25, 0.3) is 0 Å². The van der Waals surface area contributed by atoms with Crippen LogP contribution in [-0.4, -0.2) is 31.3 Å². The Balaban J connectivity index is 3.65. The molecule has 0 amide bonds. The van der Waals surface area contributed by atoms with E-state index >= 15 is 0 Å². The Kier molecular flexibility index (Phi) is 3.73. The first-order valence-corrected chi connectivity index (χ1v) is 4.93. The van der Waals surface area contributed by atoms with Crippen molar-refractivity contribution in [2.75, 3.05) is 14.2 Å². The van der Waals surface area contributed by atoms with Crippen molar-refractivity contribution < 1.29 is 24.2 Å². The van der Waals surface area contributed by atoms with Gasteiger partial charge in [0.1, 0.15) is 11.3 Å². The molecule has 1 rings (SSSR count). The van der Waals surface area contributed by atoms with Crippen LogP contribution < -0.4 is 4.74 Å². The van der Waals surface area contributed by atoms with E-state index in [0.29, 0.717) is 5.56 Å². The van der Waals surface area contributed by atoms with Crippen LogP contribution in [0.25, 0.3) is 0 Å². The second-order valence-electron chi connectivity index (χ2n) is 3.57. The van der Waals surface area contributed by atoms with Crippen molar-refractivity contribution in [3.05, 3.63) is 28.3 Å². The van der Waals surface area contributed by atoms with Crippen LogP contribution in [0.5, 0.6) is 5.75 Å². The van der Waals surface area contributed by atoms with Crippen molar-refractivity contribution in [3.63, 3.8) is 0 Å². The van der Waals surface area contributed by atoms with E-state index in [0.717, 1.165) is 5.56 Å². The molecular formula is C12H14O5. The van der Waals surface area contributed by atoms with Crippen LogP contribution >= 0.6 is 0 Å². The molecule has 5 nitrogen and oxygen atoms in total. The van der Waals surface area contributed by atoms with Gasteiger partial charge in [0, 0.05) is 0 Å². The molecule has 0 spiro atoms. The number of carboxylic acids is 1. The van der Waals surface area contributed by atoms with Crippen LogP contribution in [0.2, 0.25) is 0 Å². The summed E-state index contributed by atoms with van der Waals surface area (Å²) in [6.07, 6.45) is 0. The van der Waals surface area contributed by atoms with Gasteiger partial charge in [-0.3, -0.25) is 0 Å². The van der Waals surface area contributed by atoms with Gasteiger partial charge in [-0.25, -0.2) is 9.59 Å². The number of methoxy groups -OCH3 is 2. The molecule has 92 valence electrons. The van der Waals surface area contributed by atoms with E-state index in [-0.39, 0.29) is 16.9 Å². The van der Waals surface area contributed by atoms with E-state index in [2.05, 4.69) is 4.74 Å². The molecule has 0 bridgehead atoms. The number of carbonyl (C=O) groups excluding carboxylic acids is 1. The lowest BCUT2D eigenvalue weighted by Crippen LogP contribution is -2.13. The number of ether oxygens (including phenoxy) is 2. The first kappa shape index (κ1) is 13.0. The zero-order chi connectivity index (χ0) is 13.2. The van der Waals surface area contributed by atoms with E-state index < -0.39 is 11.9 Å². The van der Waals surface area contributed by atoms with Crippen molar-refractivity contribution in [2.24, 2.45) is 0 Å². The molecule has 0 heterocycles. The van der Waals surface area contributed by atoms with Gasteiger partial charge in [0.05, 0.1) is 19.8 Å². The van der Waals surface area contributed by atoms with Crippen LogP contribution in [0.1, 0.15) is 31.8 Å². The van der Waals surface area contributed by atoms with Gasteiger partial charge in [0.15, 0.2) is 0 Å². The van der Waals surface area contributed by atoms with Gasteiger partial charge < -0.3 is 14.6 Å². The zero-order valence-corrected chi connectivity index (χ0v) is 10.2. The number of hydrogen-bond donors (Lipinski definition) is 1. The predicted molar refractivity (Wildman–Crippen MR) is 60.8 cm³/mol. The molecule has 0 saturated heterocycles. The maximum atomic E-state index is 11.5. The summed E-state index contributed by atoms with van der Waals surface area (Å²) < 4.78 is 9.63. The normalized spacial score (nSPS) is 9.88. The average molecular weight is 238 g/mol. The van der Waals surface area contributed by atoms with Crippen LogP contribution in [0, 0.1) is 13.8 Å². The number of hydrogen-bond acceptors (Lipinski definition) is 4. The van der Waals surface area contributed by atoms with E-state index in [9.17, 15) is 9.59 Å². The smallest absolute Gasteiger partial charge is 0.340 e. The number of carbonyl (C=O) groups is 2. The summed E-state index contributed by atoms with van der Waals surface area (Å²) in [5.74, 6) is -1.72. The number of aromatic carboxylic acids is 1. The third-order valence-corrected chi connectivity index (χ3v) is 2.61. The molecule has 0 aliphatic rings. The molecule has 0 aliphatic heterocycles. The van der Waals surface area contributed by atoms with Gasteiger partial charge in [-0.2, -0.15) is 0 Å². The molecule has 1 aromatic rings. The fourth-order valence-electron chi connectivity index (χ4n) is 1.62. The Morgan fingerprint density at radius 3 is 2.24 bits per heavy atom. The van der Waals surface area contributed by atoms with Crippen molar-refractivity contribution in [3.8, 4) is 5.75 Å². The summed E-state index contributed by atoms with van der Waals surface area (Å²) in [6, 6.07) is 1.49. The molecule has 0 aromatic heterocycles. The van der Waals surface area contributed by atoms with E-state index in [1.54, 1.807) is 13.8 Å².